The minimum Gasteiger partial charge on any atom is -0.496 e. The van der Waals surface area contributed by atoms with Crippen LogP contribution in [0.3, 0.4) is 0 Å². The molecule has 1 aromatic heterocycles. The summed E-state index contributed by atoms with van der Waals surface area (Å²) in [6.07, 6.45) is -1.09. The molecule has 0 aliphatic carbocycles. The molecule has 0 saturated heterocycles. The Kier molecular flexibility index (Phi) is 5.62. The Hall–Kier alpha value is -2.34. The van der Waals surface area contributed by atoms with Gasteiger partial charge in [-0.3, -0.25) is 4.79 Å². The van der Waals surface area contributed by atoms with Gasteiger partial charge >= 0.3 is 5.97 Å². The number of ether oxygens (including phenoxy) is 2. The first kappa shape index (κ1) is 18.0. The quantitative estimate of drug-likeness (QED) is 0.840. The molecule has 2 aromatic rings. The molecule has 128 valence electrons. The fraction of sp³-hybridized carbons (Fsp3) is 0.333. The Morgan fingerprint density at radius 1 is 1.12 bits per heavy atom. The molecular formula is C18H21NO4S. The fourth-order valence-corrected chi connectivity index (χ4v) is 2.74. The molecule has 1 atom stereocenters. The topological polar surface area (TPSA) is 64.6 Å². The minimum absolute atomic E-state index is 0.392. The van der Waals surface area contributed by atoms with E-state index in [1.165, 1.54) is 18.4 Å². The summed E-state index contributed by atoms with van der Waals surface area (Å²) in [6, 6.07) is 10.4. The molecule has 0 fully saturated rings. The third-order valence-electron chi connectivity index (χ3n) is 3.10. The van der Waals surface area contributed by atoms with Gasteiger partial charge in [0, 0.05) is 11.1 Å². The van der Waals surface area contributed by atoms with Crippen molar-refractivity contribution in [2.75, 3.05) is 7.11 Å². The summed E-state index contributed by atoms with van der Waals surface area (Å²) in [5.74, 6) is -0.438. The summed E-state index contributed by atoms with van der Waals surface area (Å²) in [7, 11) is 1.51. The average Bonchev–Trinajstić information content (AvgIpc) is 3.05. The van der Waals surface area contributed by atoms with Crippen molar-refractivity contribution in [2.45, 2.75) is 32.4 Å². The maximum absolute atomic E-state index is 12.7. The Morgan fingerprint density at radius 3 is 2.42 bits per heavy atom. The molecular weight excluding hydrogens is 326 g/mol. The normalized spacial score (nSPS) is 12.3. The number of methoxy groups -OCH3 is 1. The van der Waals surface area contributed by atoms with E-state index in [0.717, 1.165) is 0 Å². The van der Waals surface area contributed by atoms with Crippen LogP contribution >= 0.6 is 11.3 Å². The Bertz CT molecular complexity index is 704. The van der Waals surface area contributed by atoms with Crippen LogP contribution in [0.4, 0.5) is 0 Å². The van der Waals surface area contributed by atoms with Gasteiger partial charge in [0.05, 0.1) is 7.11 Å². The highest BCUT2D eigenvalue weighted by Crippen LogP contribution is 2.29. The van der Waals surface area contributed by atoms with Crippen molar-refractivity contribution in [3.8, 4) is 5.75 Å². The maximum atomic E-state index is 12.7. The molecule has 24 heavy (non-hydrogen) atoms. The second-order valence-corrected chi connectivity index (χ2v) is 7.19. The number of carbonyl (C=O) groups is 2. The van der Waals surface area contributed by atoms with Gasteiger partial charge in [-0.2, -0.15) is 0 Å². The second-order valence-electron chi connectivity index (χ2n) is 6.24. The van der Waals surface area contributed by atoms with Gasteiger partial charge < -0.3 is 14.8 Å². The first-order chi connectivity index (χ1) is 11.3. The lowest BCUT2D eigenvalue weighted by molar-refractivity contribution is -0.131. The molecule has 2 rings (SSSR count). The third kappa shape index (κ3) is 4.58. The summed E-state index contributed by atoms with van der Waals surface area (Å²) in [5.41, 5.74) is 0.0545. The molecule has 0 saturated carbocycles. The zero-order valence-electron chi connectivity index (χ0n) is 14.2. The van der Waals surface area contributed by atoms with E-state index in [4.69, 9.17) is 9.47 Å². The largest absolute Gasteiger partial charge is 0.496 e. The van der Waals surface area contributed by atoms with E-state index in [-0.39, 0.29) is 0 Å². The number of thiophene rings is 1. The first-order valence-corrected chi connectivity index (χ1v) is 8.39. The van der Waals surface area contributed by atoms with Gasteiger partial charge in [-0.1, -0.05) is 24.3 Å². The molecule has 0 unspecified atom stereocenters. The van der Waals surface area contributed by atoms with Gasteiger partial charge in [0.15, 0.2) is 0 Å². The van der Waals surface area contributed by atoms with Crippen LogP contribution in [0.15, 0.2) is 41.8 Å². The van der Waals surface area contributed by atoms with E-state index in [2.05, 4.69) is 5.32 Å². The zero-order chi connectivity index (χ0) is 17.7. The lowest BCUT2D eigenvalue weighted by Gasteiger charge is -2.25. The van der Waals surface area contributed by atoms with E-state index < -0.39 is 23.5 Å². The number of benzene rings is 1. The standard InChI is InChI=1S/C18H21NO4S/c1-18(2,3)19-16(20)15(12-8-5-6-9-13(12)22-4)23-17(21)14-10-7-11-24-14/h5-11,15H,1-4H3,(H,19,20)/t15-/m1/s1. The number of rotatable bonds is 5. The number of hydrogen-bond acceptors (Lipinski definition) is 5. The maximum Gasteiger partial charge on any atom is 0.349 e. The predicted molar refractivity (Wildman–Crippen MR) is 93.4 cm³/mol. The number of esters is 1. The Labute approximate surface area is 145 Å². The monoisotopic (exact) mass is 347 g/mol. The molecule has 5 nitrogen and oxygen atoms in total. The van der Waals surface area contributed by atoms with Crippen molar-refractivity contribution >= 4 is 23.2 Å². The van der Waals surface area contributed by atoms with Crippen molar-refractivity contribution < 1.29 is 19.1 Å². The lowest BCUT2D eigenvalue weighted by Crippen LogP contribution is -2.44. The molecule has 1 aromatic carbocycles. The van der Waals surface area contributed by atoms with E-state index in [1.54, 1.807) is 41.8 Å². The van der Waals surface area contributed by atoms with Crippen LogP contribution in [-0.2, 0) is 9.53 Å². The van der Waals surface area contributed by atoms with E-state index in [9.17, 15) is 9.59 Å². The Balaban J connectivity index is 2.34. The number of hydrogen-bond donors (Lipinski definition) is 1. The van der Waals surface area contributed by atoms with E-state index in [0.29, 0.717) is 16.2 Å². The number of nitrogens with one attached hydrogen (secondary N) is 1. The van der Waals surface area contributed by atoms with Gasteiger partial charge in [0.1, 0.15) is 10.6 Å². The number of amides is 1. The van der Waals surface area contributed by atoms with Gasteiger partial charge in [0.25, 0.3) is 5.91 Å². The average molecular weight is 347 g/mol. The smallest absolute Gasteiger partial charge is 0.349 e. The predicted octanol–water partition coefficient (Wildman–Crippen LogP) is 3.57. The molecule has 1 heterocycles. The molecule has 1 N–H and O–H groups in total. The summed E-state index contributed by atoms with van der Waals surface area (Å²) in [5, 5.41) is 4.63. The molecule has 0 aliphatic heterocycles. The van der Waals surface area contributed by atoms with Gasteiger partial charge in [-0.25, -0.2) is 4.79 Å². The highest BCUT2D eigenvalue weighted by atomic mass is 32.1. The highest BCUT2D eigenvalue weighted by molar-refractivity contribution is 7.11. The van der Waals surface area contributed by atoms with Crippen LogP contribution in [0.25, 0.3) is 0 Å². The highest BCUT2D eigenvalue weighted by Gasteiger charge is 2.30. The first-order valence-electron chi connectivity index (χ1n) is 7.51. The van der Waals surface area contributed by atoms with Crippen molar-refractivity contribution in [3.05, 3.63) is 52.2 Å². The van der Waals surface area contributed by atoms with Crippen molar-refractivity contribution in [3.63, 3.8) is 0 Å². The van der Waals surface area contributed by atoms with Crippen LogP contribution < -0.4 is 10.1 Å². The van der Waals surface area contributed by atoms with Gasteiger partial charge in [0.2, 0.25) is 6.10 Å². The Morgan fingerprint density at radius 2 is 1.83 bits per heavy atom. The van der Waals surface area contributed by atoms with Crippen molar-refractivity contribution in [1.29, 1.82) is 0 Å². The molecule has 6 heteroatoms. The SMILES string of the molecule is COc1ccccc1[C@@H](OC(=O)c1cccs1)C(=O)NC(C)(C)C. The minimum atomic E-state index is -1.09. The van der Waals surface area contributed by atoms with E-state index in [1.807, 2.05) is 20.8 Å². The van der Waals surface area contributed by atoms with Gasteiger partial charge in [-0.05, 0) is 38.3 Å². The van der Waals surface area contributed by atoms with Crippen molar-refractivity contribution in [2.24, 2.45) is 0 Å². The molecule has 0 aliphatic rings. The lowest BCUT2D eigenvalue weighted by atomic mass is 10.0. The second kappa shape index (κ2) is 7.49. The zero-order valence-corrected chi connectivity index (χ0v) is 15.0. The van der Waals surface area contributed by atoms with Crippen LogP contribution in [0.2, 0.25) is 0 Å². The summed E-state index contributed by atoms with van der Waals surface area (Å²) >= 11 is 1.27. The molecule has 0 bridgehead atoms. The van der Waals surface area contributed by atoms with Crippen molar-refractivity contribution in [1.82, 2.24) is 5.32 Å². The van der Waals surface area contributed by atoms with Crippen LogP contribution in [0, 0.1) is 0 Å². The van der Waals surface area contributed by atoms with Crippen LogP contribution in [-0.4, -0.2) is 24.5 Å². The summed E-state index contributed by atoms with van der Waals surface area (Å²) in [6.45, 7) is 5.60. The molecule has 1 amide bonds. The third-order valence-corrected chi connectivity index (χ3v) is 3.95. The molecule has 0 radical (unpaired) electrons. The number of carbonyl (C=O) groups excluding carboxylic acids is 2. The molecule has 0 spiro atoms. The van der Waals surface area contributed by atoms with Crippen LogP contribution in [0.1, 0.15) is 42.1 Å². The summed E-state index contributed by atoms with van der Waals surface area (Å²) in [4.78, 5) is 25.5. The van der Waals surface area contributed by atoms with Crippen LogP contribution in [0.5, 0.6) is 5.75 Å². The fourth-order valence-electron chi connectivity index (χ4n) is 2.14. The summed E-state index contributed by atoms with van der Waals surface area (Å²) < 4.78 is 10.8. The van der Waals surface area contributed by atoms with E-state index >= 15 is 0 Å². The number of para-hydroxylation sites is 1. The van der Waals surface area contributed by atoms with Gasteiger partial charge in [-0.15, -0.1) is 11.3 Å².